The minimum atomic E-state index is -0.597. The van der Waals surface area contributed by atoms with Gasteiger partial charge in [-0.05, 0) is 41.1 Å². The lowest BCUT2D eigenvalue weighted by atomic mass is 10.2. The maximum Gasteiger partial charge on any atom is 0.357 e. The minimum Gasteiger partial charge on any atom is -0.456 e. The third-order valence-corrected chi connectivity index (χ3v) is 4.28. The van der Waals surface area contributed by atoms with E-state index in [2.05, 4.69) is 15.5 Å². The third-order valence-electron chi connectivity index (χ3n) is 3.57. The molecule has 26 heavy (non-hydrogen) atoms. The van der Waals surface area contributed by atoms with Crippen molar-refractivity contribution < 1.29 is 9.53 Å². The second-order valence-electron chi connectivity index (χ2n) is 5.35. The Kier molecular flexibility index (Phi) is 5.65. The number of aryl methyl sites for hydroxylation is 1. The molecule has 8 heteroatoms. The summed E-state index contributed by atoms with van der Waals surface area (Å²) in [5, 5.41) is 12.1. The highest BCUT2D eigenvalue weighted by atomic mass is 35.5. The van der Waals surface area contributed by atoms with Crippen LogP contribution in [0.25, 0.3) is 11.8 Å². The first kappa shape index (κ1) is 18.1. The zero-order valence-corrected chi connectivity index (χ0v) is 15.3. The molecule has 0 radical (unpaired) electrons. The molecule has 132 valence electrons. The molecule has 1 heterocycles. The highest BCUT2D eigenvalue weighted by Gasteiger charge is 2.19. The summed E-state index contributed by atoms with van der Waals surface area (Å²) in [5.74, 6) is -0.139. The summed E-state index contributed by atoms with van der Waals surface area (Å²) in [4.78, 5) is 12.7. The Hall–Kier alpha value is -2.70. The van der Waals surface area contributed by atoms with Gasteiger partial charge in [-0.2, -0.15) is 4.68 Å². The molecule has 1 aromatic heterocycles. The maximum absolute atomic E-state index is 12.7. The smallest absolute Gasteiger partial charge is 0.357 e. The molecule has 0 saturated carbocycles. The zero-order valence-electron chi connectivity index (χ0n) is 13.8. The lowest BCUT2D eigenvalue weighted by Gasteiger charge is -2.11. The van der Waals surface area contributed by atoms with Crippen molar-refractivity contribution in [2.24, 2.45) is 0 Å². The summed E-state index contributed by atoms with van der Waals surface area (Å²) in [5.41, 5.74) is 1.53. The molecule has 0 N–H and O–H groups in total. The van der Waals surface area contributed by atoms with E-state index in [-0.39, 0.29) is 12.3 Å². The second-order valence-corrected chi connectivity index (χ2v) is 6.17. The van der Waals surface area contributed by atoms with Crippen molar-refractivity contribution in [2.75, 3.05) is 0 Å². The van der Waals surface area contributed by atoms with Crippen LogP contribution < -0.4 is 0 Å². The van der Waals surface area contributed by atoms with Gasteiger partial charge in [-0.3, -0.25) is 0 Å². The predicted molar refractivity (Wildman–Crippen MR) is 99.4 cm³/mol. The van der Waals surface area contributed by atoms with Gasteiger partial charge in [-0.1, -0.05) is 59.6 Å². The van der Waals surface area contributed by atoms with Crippen molar-refractivity contribution >= 4 is 40.9 Å². The first-order valence-corrected chi connectivity index (χ1v) is 8.44. The molecule has 3 aromatic rings. The summed E-state index contributed by atoms with van der Waals surface area (Å²) < 4.78 is 6.73. The van der Waals surface area contributed by atoms with Crippen LogP contribution in [0.4, 0.5) is 0 Å². The number of benzene rings is 2. The molecule has 0 aliphatic carbocycles. The van der Waals surface area contributed by atoms with Crippen molar-refractivity contribution in [3.8, 4) is 0 Å². The quantitative estimate of drug-likeness (QED) is 0.487. The van der Waals surface area contributed by atoms with E-state index in [1.54, 1.807) is 31.2 Å². The van der Waals surface area contributed by atoms with Crippen LogP contribution in [0.5, 0.6) is 0 Å². The van der Waals surface area contributed by atoms with Gasteiger partial charge in [0.05, 0.1) is 0 Å². The summed E-state index contributed by atoms with van der Waals surface area (Å²) in [6.07, 6.45) is 1.65. The van der Waals surface area contributed by atoms with Crippen LogP contribution in [-0.2, 0) is 16.1 Å². The molecule has 0 atom stereocenters. The molecule has 0 aliphatic heterocycles. The van der Waals surface area contributed by atoms with Crippen molar-refractivity contribution in [3.63, 3.8) is 0 Å². The molecule has 0 spiro atoms. The molecule has 0 unspecified atom stereocenters. The van der Waals surface area contributed by atoms with Gasteiger partial charge in [0.25, 0.3) is 0 Å². The van der Waals surface area contributed by atoms with E-state index in [0.29, 0.717) is 21.4 Å². The fraction of sp³-hybridized carbons (Fsp3) is 0.111. The number of carbonyl (C=O) groups excluding carboxylic acids is 1. The number of hydrogen-bond acceptors (Lipinski definition) is 5. The first-order valence-electron chi connectivity index (χ1n) is 7.68. The predicted octanol–water partition coefficient (Wildman–Crippen LogP) is 4.03. The Morgan fingerprint density at radius 1 is 1.12 bits per heavy atom. The van der Waals surface area contributed by atoms with Gasteiger partial charge in [-0.25, -0.2) is 4.79 Å². The molecular weight excluding hydrogens is 375 g/mol. The second kappa shape index (κ2) is 8.12. The van der Waals surface area contributed by atoms with Gasteiger partial charge in [0, 0.05) is 15.6 Å². The van der Waals surface area contributed by atoms with Gasteiger partial charge in [-0.15, -0.1) is 5.10 Å². The van der Waals surface area contributed by atoms with E-state index < -0.39 is 5.97 Å². The number of tetrazole rings is 1. The van der Waals surface area contributed by atoms with E-state index in [1.165, 1.54) is 4.68 Å². The lowest BCUT2D eigenvalue weighted by Crippen LogP contribution is -2.15. The molecule has 6 nitrogen and oxygen atoms in total. The highest BCUT2D eigenvalue weighted by molar-refractivity contribution is 6.36. The number of halogens is 2. The SMILES string of the molecule is Cc1nnnn1/C(=C/c1ccccc1)C(=O)OCc1c(Cl)cccc1Cl. The van der Waals surface area contributed by atoms with Crippen LogP contribution in [-0.4, -0.2) is 26.2 Å². The summed E-state index contributed by atoms with van der Waals surface area (Å²) in [7, 11) is 0. The number of esters is 1. The Morgan fingerprint density at radius 3 is 2.42 bits per heavy atom. The number of carbonyl (C=O) groups is 1. The zero-order chi connectivity index (χ0) is 18.5. The average Bonchev–Trinajstić information content (AvgIpc) is 3.05. The van der Waals surface area contributed by atoms with E-state index in [4.69, 9.17) is 27.9 Å². The lowest BCUT2D eigenvalue weighted by molar-refractivity contribution is -0.138. The molecule has 3 rings (SSSR count). The largest absolute Gasteiger partial charge is 0.456 e. The van der Waals surface area contributed by atoms with Crippen molar-refractivity contribution in [2.45, 2.75) is 13.5 Å². The molecule has 0 aliphatic rings. The monoisotopic (exact) mass is 388 g/mol. The number of hydrogen-bond donors (Lipinski definition) is 0. The Balaban J connectivity index is 1.89. The maximum atomic E-state index is 12.7. The number of ether oxygens (including phenoxy) is 1. The standard InChI is InChI=1S/C18H14Cl2N4O2/c1-12-21-22-23-24(12)17(10-13-6-3-2-4-7-13)18(25)26-11-14-15(19)8-5-9-16(14)20/h2-10H,11H2,1H3/b17-10+. The van der Waals surface area contributed by atoms with Gasteiger partial charge in [0.1, 0.15) is 6.61 Å². The van der Waals surface area contributed by atoms with Crippen LogP contribution in [0.1, 0.15) is 17.0 Å². The fourth-order valence-corrected chi connectivity index (χ4v) is 2.76. The van der Waals surface area contributed by atoms with E-state index in [1.807, 2.05) is 30.3 Å². The van der Waals surface area contributed by atoms with E-state index in [0.717, 1.165) is 5.56 Å². The minimum absolute atomic E-state index is 0.0648. The molecular formula is C18H14Cl2N4O2. The van der Waals surface area contributed by atoms with Crippen molar-refractivity contribution in [1.82, 2.24) is 20.2 Å². The van der Waals surface area contributed by atoms with Crippen LogP contribution in [0.15, 0.2) is 48.5 Å². The summed E-state index contributed by atoms with van der Waals surface area (Å²) >= 11 is 12.2. The summed E-state index contributed by atoms with van der Waals surface area (Å²) in [6, 6.07) is 14.4. The van der Waals surface area contributed by atoms with Gasteiger partial charge < -0.3 is 4.74 Å². The average molecular weight is 389 g/mol. The normalized spacial score (nSPS) is 11.4. The Morgan fingerprint density at radius 2 is 1.81 bits per heavy atom. The number of rotatable bonds is 5. The molecule has 0 saturated heterocycles. The topological polar surface area (TPSA) is 69.9 Å². The summed E-state index contributed by atoms with van der Waals surface area (Å²) in [6.45, 7) is 1.63. The van der Waals surface area contributed by atoms with Gasteiger partial charge in [0.2, 0.25) is 0 Å². The van der Waals surface area contributed by atoms with Crippen LogP contribution >= 0.6 is 23.2 Å². The number of aromatic nitrogens is 4. The van der Waals surface area contributed by atoms with Crippen molar-refractivity contribution in [3.05, 3.63) is 75.5 Å². The molecule has 0 bridgehead atoms. The van der Waals surface area contributed by atoms with Crippen LogP contribution in [0.2, 0.25) is 10.0 Å². The Labute approximate surface area is 160 Å². The first-order chi connectivity index (χ1) is 12.6. The fourth-order valence-electron chi connectivity index (χ4n) is 2.25. The highest BCUT2D eigenvalue weighted by Crippen LogP contribution is 2.25. The van der Waals surface area contributed by atoms with Crippen molar-refractivity contribution in [1.29, 1.82) is 0 Å². The van der Waals surface area contributed by atoms with Gasteiger partial charge in [0.15, 0.2) is 11.5 Å². The molecule has 2 aromatic carbocycles. The number of nitrogens with zero attached hydrogens (tertiary/aromatic N) is 4. The molecule has 0 fully saturated rings. The van der Waals surface area contributed by atoms with Crippen LogP contribution in [0.3, 0.4) is 0 Å². The Bertz CT molecular complexity index is 935. The van der Waals surface area contributed by atoms with Gasteiger partial charge >= 0.3 is 5.97 Å². The molecule has 0 amide bonds. The third kappa shape index (κ3) is 4.09. The van der Waals surface area contributed by atoms with Crippen LogP contribution in [0, 0.1) is 6.92 Å². The van der Waals surface area contributed by atoms with E-state index >= 15 is 0 Å². The van der Waals surface area contributed by atoms with E-state index in [9.17, 15) is 4.79 Å².